The topological polar surface area (TPSA) is 110 Å². The maximum atomic E-state index is 11.8. The first-order valence-electron chi connectivity index (χ1n) is 5.41. The first-order valence-corrected chi connectivity index (χ1v) is 5.41. The van der Waals surface area contributed by atoms with Crippen molar-refractivity contribution >= 4 is 17.3 Å². The summed E-state index contributed by atoms with van der Waals surface area (Å²) < 4.78 is 5.01. The second-order valence-electron chi connectivity index (χ2n) is 3.71. The van der Waals surface area contributed by atoms with Gasteiger partial charge in [-0.1, -0.05) is 0 Å². The number of nitrogens with two attached hydrogens (primary N) is 1. The minimum Gasteiger partial charge on any atom is -0.497 e. The maximum Gasteiger partial charge on any atom is 0.276 e. The smallest absolute Gasteiger partial charge is 0.276 e. The Morgan fingerprint density at radius 2 is 2.16 bits per heavy atom. The number of aromatic nitrogens is 2. The number of nitrogen functional groups attached to an aromatic ring is 1. The summed E-state index contributed by atoms with van der Waals surface area (Å²) in [6.07, 6.45) is 0. The standard InChI is InChI=1S/C12H12N4O3/c1-19-7-2-3-9(8(13)6-7)14-12(18)10-4-5-11(17)16-15-10/h2-6H,13H2,1H3,(H,14,18)(H,16,17). The number of H-pyrrole nitrogens is 1. The largest absolute Gasteiger partial charge is 0.497 e. The molecule has 7 nitrogen and oxygen atoms in total. The number of rotatable bonds is 3. The molecule has 0 aliphatic heterocycles. The van der Waals surface area contributed by atoms with Crippen LogP contribution in [0.25, 0.3) is 0 Å². The summed E-state index contributed by atoms with van der Waals surface area (Å²) in [7, 11) is 1.53. The molecule has 98 valence electrons. The van der Waals surface area contributed by atoms with Crippen molar-refractivity contribution in [1.82, 2.24) is 10.2 Å². The summed E-state index contributed by atoms with van der Waals surface area (Å²) >= 11 is 0. The van der Waals surface area contributed by atoms with Crippen molar-refractivity contribution in [3.63, 3.8) is 0 Å². The van der Waals surface area contributed by atoms with Gasteiger partial charge in [-0.25, -0.2) is 5.10 Å². The first kappa shape index (κ1) is 12.6. The first-order chi connectivity index (χ1) is 9.10. The summed E-state index contributed by atoms with van der Waals surface area (Å²) in [6, 6.07) is 7.44. The van der Waals surface area contributed by atoms with E-state index < -0.39 is 5.91 Å². The molecule has 0 saturated heterocycles. The van der Waals surface area contributed by atoms with Crippen LogP contribution < -0.4 is 21.3 Å². The van der Waals surface area contributed by atoms with Gasteiger partial charge in [0.25, 0.3) is 11.5 Å². The molecule has 0 saturated carbocycles. The molecule has 0 unspecified atom stereocenters. The number of ether oxygens (including phenoxy) is 1. The fourth-order valence-corrected chi connectivity index (χ4v) is 1.44. The van der Waals surface area contributed by atoms with Crippen LogP contribution in [0.2, 0.25) is 0 Å². The average molecular weight is 260 g/mol. The Hall–Kier alpha value is -2.83. The number of nitrogens with zero attached hydrogens (tertiary/aromatic N) is 1. The number of hydrogen-bond donors (Lipinski definition) is 3. The van der Waals surface area contributed by atoms with Crippen molar-refractivity contribution in [2.24, 2.45) is 0 Å². The summed E-state index contributed by atoms with van der Waals surface area (Å²) in [4.78, 5) is 22.7. The van der Waals surface area contributed by atoms with Gasteiger partial charge < -0.3 is 15.8 Å². The number of carbonyl (C=O) groups is 1. The summed E-state index contributed by atoms with van der Waals surface area (Å²) in [5.74, 6) is 0.130. The Kier molecular flexibility index (Phi) is 3.46. The molecule has 0 bridgehead atoms. The Labute approximate surface area is 108 Å². The highest BCUT2D eigenvalue weighted by atomic mass is 16.5. The summed E-state index contributed by atoms with van der Waals surface area (Å²) in [5.41, 5.74) is 6.31. The number of benzene rings is 1. The molecule has 1 aromatic carbocycles. The SMILES string of the molecule is COc1ccc(NC(=O)c2ccc(=O)[nH]n2)c(N)c1. The average Bonchev–Trinajstić information content (AvgIpc) is 2.41. The van der Waals surface area contributed by atoms with Gasteiger partial charge in [0.05, 0.1) is 18.5 Å². The minimum absolute atomic E-state index is 0.0924. The number of hydrogen-bond acceptors (Lipinski definition) is 5. The van der Waals surface area contributed by atoms with Gasteiger partial charge in [-0.2, -0.15) is 5.10 Å². The van der Waals surface area contributed by atoms with Gasteiger partial charge in [-0.15, -0.1) is 0 Å². The van der Waals surface area contributed by atoms with Gasteiger partial charge in [0.1, 0.15) is 11.4 Å². The van der Waals surface area contributed by atoms with Crippen LogP contribution in [0.5, 0.6) is 5.75 Å². The van der Waals surface area contributed by atoms with Crippen LogP contribution in [0.1, 0.15) is 10.5 Å². The van der Waals surface area contributed by atoms with E-state index in [9.17, 15) is 9.59 Å². The zero-order valence-corrected chi connectivity index (χ0v) is 10.1. The van der Waals surface area contributed by atoms with E-state index in [1.165, 1.54) is 19.2 Å². The molecular formula is C12H12N4O3. The molecule has 1 heterocycles. The van der Waals surface area contributed by atoms with Gasteiger partial charge in [-0.05, 0) is 18.2 Å². The number of aromatic amines is 1. The van der Waals surface area contributed by atoms with Crippen LogP contribution in [0.4, 0.5) is 11.4 Å². The van der Waals surface area contributed by atoms with E-state index in [1.54, 1.807) is 18.2 Å². The highest BCUT2D eigenvalue weighted by Crippen LogP contribution is 2.24. The zero-order chi connectivity index (χ0) is 13.8. The lowest BCUT2D eigenvalue weighted by Crippen LogP contribution is -2.18. The molecule has 2 rings (SSSR count). The molecule has 2 aromatic rings. The minimum atomic E-state index is -0.465. The van der Waals surface area contributed by atoms with E-state index in [0.29, 0.717) is 17.1 Å². The monoisotopic (exact) mass is 260 g/mol. The molecule has 0 radical (unpaired) electrons. The third-order valence-electron chi connectivity index (χ3n) is 2.42. The molecule has 0 aliphatic rings. The van der Waals surface area contributed by atoms with Gasteiger partial charge in [-0.3, -0.25) is 9.59 Å². The number of amides is 1. The zero-order valence-electron chi connectivity index (χ0n) is 10.1. The van der Waals surface area contributed by atoms with Crippen molar-refractivity contribution in [2.75, 3.05) is 18.2 Å². The van der Waals surface area contributed by atoms with Crippen molar-refractivity contribution < 1.29 is 9.53 Å². The third-order valence-corrected chi connectivity index (χ3v) is 2.42. The quantitative estimate of drug-likeness (QED) is 0.700. The van der Waals surface area contributed by atoms with Crippen LogP contribution in [0.15, 0.2) is 35.1 Å². The van der Waals surface area contributed by atoms with Gasteiger partial charge in [0.15, 0.2) is 0 Å². The third kappa shape index (κ3) is 2.89. The van der Waals surface area contributed by atoms with Gasteiger partial charge >= 0.3 is 0 Å². The highest BCUT2D eigenvalue weighted by molar-refractivity contribution is 6.04. The van der Waals surface area contributed by atoms with E-state index in [0.717, 1.165) is 0 Å². The highest BCUT2D eigenvalue weighted by Gasteiger charge is 2.10. The van der Waals surface area contributed by atoms with Crippen LogP contribution in [-0.4, -0.2) is 23.2 Å². The summed E-state index contributed by atoms with van der Waals surface area (Å²) in [6.45, 7) is 0. The lowest BCUT2D eigenvalue weighted by Gasteiger charge is -2.09. The normalized spacial score (nSPS) is 9.95. The maximum absolute atomic E-state index is 11.8. The molecule has 1 aromatic heterocycles. The predicted octanol–water partition coefficient (Wildman–Crippen LogP) is 0.613. The Bertz CT molecular complexity index is 646. The molecule has 19 heavy (non-hydrogen) atoms. The lowest BCUT2D eigenvalue weighted by atomic mass is 10.2. The fraction of sp³-hybridized carbons (Fsp3) is 0.0833. The second-order valence-corrected chi connectivity index (χ2v) is 3.71. The van der Waals surface area contributed by atoms with Crippen LogP contribution in [-0.2, 0) is 0 Å². The lowest BCUT2D eigenvalue weighted by molar-refractivity contribution is 0.102. The van der Waals surface area contributed by atoms with Crippen LogP contribution >= 0.6 is 0 Å². The molecule has 0 aliphatic carbocycles. The van der Waals surface area contributed by atoms with E-state index in [4.69, 9.17) is 10.5 Å². The van der Waals surface area contributed by atoms with Gasteiger partial charge in [0, 0.05) is 12.1 Å². The van der Waals surface area contributed by atoms with E-state index in [-0.39, 0.29) is 11.3 Å². The van der Waals surface area contributed by atoms with Gasteiger partial charge in [0.2, 0.25) is 0 Å². The van der Waals surface area contributed by atoms with Crippen molar-refractivity contribution in [3.05, 3.63) is 46.4 Å². The number of nitrogens with one attached hydrogen (secondary N) is 2. The molecular weight excluding hydrogens is 248 g/mol. The number of carbonyl (C=O) groups excluding carboxylic acids is 1. The van der Waals surface area contributed by atoms with E-state index in [2.05, 4.69) is 15.5 Å². The fourth-order valence-electron chi connectivity index (χ4n) is 1.44. The van der Waals surface area contributed by atoms with Crippen LogP contribution in [0, 0.1) is 0 Å². The Morgan fingerprint density at radius 1 is 1.37 bits per heavy atom. The van der Waals surface area contributed by atoms with Crippen molar-refractivity contribution in [2.45, 2.75) is 0 Å². The molecule has 0 atom stereocenters. The van der Waals surface area contributed by atoms with E-state index in [1.807, 2.05) is 0 Å². The molecule has 0 spiro atoms. The number of methoxy groups -OCH3 is 1. The molecule has 1 amide bonds. The Balaban J connectivity index is 2.19. The number of anilines is 2. The molecule has 4 N–H and O–H groups in total. The second kappa shape index (κ2) is 5.21. The molecule has 0 fully saturated rings. The van der Waals surface area contributed by atoms with Crippen molar-refractivity contribution in [3.8, 4) is 5.75 Å². The summed E-state index contributed by atoms with van der Waals surface area (Å²) in [5, 5.41) is 8.40. The molecule has 7 heteroatoms. The van der Waals surface area contributed by atoms with Crippen molar-refractivity contribution in [1.29, 1.82) is 0 Å². The van der Waals surface area contributed by atoms with Crippen LogP contribution in [0.3, 0.4) is 0 Å². The van der Waals surface area contributed by atoms with E-state index >= 15 is 0 Å². The predicted molar refractivity (Wildman–Crippen MR) is 70.2 cm³/mol. The Morgan fingerprint density at radius 3 is 2.74 bits per heavy atom.